The van der Waals surface area contributed by atoms with E-state index in [1.54, 1.807) is 0 Å². The SMILES string of the molecule is CCNC(=NCC(=O)N1CCN(c2ccc(Cl)cc2)CC1)N1CCC(C(=O)OC)CC1. The highest BCUT2D eigenvalue weighted by molar-refractivity contribution is 6.30. The van der Waals surface area contributed by atoms with Gasteiger partial charge in [-0.3, -0.25) is 9.59 Å². The lowest BCUT2D eigenvalue weighted by Crippen LogP contribution is -2.50. The van der Waals surface area contributed by atoms with Crippen molar-refractivity contribution in [2.75, 3.05) is 64.4 Å². The highest BCUT2D eigenvalue weighted by Crippen LogP contribution is 2.20. The minimum absolute atomic E-state index is 0.0376. The molecule has 31 heavy (non-hydrogen) atoms. The van der Waals surface area contributed by atoms with Gasteiger partial charge in [-0.1, -0.05) is 11.6 Å². The van der Waals surface area contributed by atoms with Crippen molar-refractivity contribution >= 4 is 35.1 Å². The second-order valence-corrected chi connectivity index (χ2v) is 8.24. The van der Waals surface area contributed by atoms with Crippen molar-refractivity contribution in [3.63, 3.8) is 0 Å². The third kappa shape index (κ3) is 6.26. The van der Waals surface area contributed by atoms with E-state index in [1.165, 1.54) is 7.11 Å². The molecule has 0 saturated carbocycles. The van der Waals surface area contributed by atoms with Crippen LogP contribution < -0.4 is 10.2 Å². The molecule has 2 aliphatic heterocycles. The van der Waals surface area contributed by atoms with Gasteiger partial charge < -0.3 is 24.8 Å². The summed E-state index contributed by atoms with van der Waals surface area (Å²) in [5.41, 5.74) is 1.12. The van der Waals surface area contributed by atoms with Crippen LogP contribution in [0.4, 0.5) is 5.69 Å². The normalized spacial score (nSPS) is 18.2. The molecule has 1 amide bonds. The summed E-state index contributed by atoms with van der Waals surface area (Å²) < 4.78 is 4.86. The van der Waals surface area contributed by atoms with E-state index in [2.05, 4.69) is 20.1 Å². The standard InChI is InChI=1S/C22H32ClN5O3/c1-3-24-22(28-10-8-17(9-11-28)21(30)31-2)25-16-20(29)27-14-12-26(13-15-27)19-6-4-18(23)5-7-19/h4-7,17H,3,8-16H2,1-2H3,(H,24,25). The number of carbonyl (C=O) groups excluding carboxylic acids is 2. The number of esters is 1. The molecule has 0 atom stereocenters. The number of likely N-dealkylation sites (tertiary alicyclic amines) is 1. The van der Waals surface area contributed by atoms with Crippen molar-refractivity contribution in [2.24, 2.45) is 10.9 Å². The van der Waals surface area contributed by atoms with E-state index in [0.717, 1.165) is 62.2 Å². The van der Waals surface area contributed by atoms with Gasteiger partial charge in [-0.2, -0.15) is 0 Å². The molecule has 2 aliphatic rings. The Bertz CT molecular complexity index is 770. The topological polar surface area (TPSA) is 77.5 Å². The fraction of sp³-hybridized carbons (Fsp3) is 0.591. The maximum Gasteiger partial charge on any atom is 0.308 e. The third-order valence-electron chi connectivity index (χ3n) is 5.85. The number of nitrogens with one attached hydrogen (secondary N) is 1. The maximum atomic E-state index is 12.7. The number of hydrogen-bond donors (Lipinski definition) is 1. The summed E-state index contributed by atoms with van der Waals surface area (Å²) in [7, 11) is 1.43. The zero-order valence-corrected chi connectivity index (χ0v) is 19.1. The first-order valence-corrected chi connectivity index (χ1v) is 11.3. The number of amides is 1. The largest absolute Gasteiger partial charge is 0.469 e. The quantitative estimate of drug-likeness (QED) is 0.420. The Morgan fingerprint density at radius 2 is 1.71 bits per heavy atom. The summed E-state index contributed by atoms with van der Waals surface area (Å²) in [6.07, 6.45) is 1.47. The minimum Gasteiger partial charge on any atom is -0.469 e. The van der Waals surface area contributed by atoms with Gasteiger partial charge in [0.1, 0.15) is 6.54 Å². The molecule has 9 heteroatoms. The van der Waals surface area contributed by atoms with Crippen LogP contribution in [0.15, 0.2) is 29.3 Å². The Kier molecular flexibility index (Phi) is 8.40. The number of halogens is 1. The first-order chi connectivity index (χ1) is 15.0. The molecule has 8 nitrogen and oxygen atoms in total. The van der Waals surface area contributed by atoms with E-state index in [4.69, 9.17) is 16.3 Å². The molecule has 0 spiro atoms. The predicted octanol–water partition coefficient (Wildman–Crippen LogP) is 1.84. The number of benzene rings is 1. The second-order valence-electron chi connectivity index (χ2n) is 7.80. The van der Waals surface area contributed by atoms with Gasteiger partial charge in [-0.05, 0) is 44.0 Å². The average Bonchev–Trinajstić information content (AvgIpc) is 2.82. The van der Waals surface area contributed by atoms with Gasteiger partial charge in [0.2, 0.25) is 5.91 Å². The number of guanidine groups is 1. The molecule has 1 aromatic carbocycles. The summed E-state index contributed by atoms with van der Waals surface area (Å²) in [5.74, 6) is 0.576. The van der Waals surface area contributed by atoms with Gasteiger partial charge >= 0.3 is 5.97 Å². The molecule has 0 aromatic heterocycles. The van der Waals surface area contributed by atoms with Crippen molar-refractivity contribution in [2.45, 2.75) is 19.8 Å². The number of piperazine rings is 1. The lowest BCUT2D eigenvalue weighted by molar-refractivity contribution is -0.146. The molecular weight excluding hydrogens is 418 g/mol. The Hall–Kier alpha value is -2.48. The zero-order valence-electron chi connectivity index (χ0n) is 18.3. The summed E-state index contributed by atoms with van der Waals surface area (Å²) in [6.45, 7) is 7.24. The van der Waals surface area contributed by atoms with E-state index in [-0.39, 0.29) is 24.3 Å². The number of rotatable bonds is 5. The van der Waals surface area contributed by atoms with Crippen LogP contribution in [0.5, 0.6) is 0 Å². The lowest BCUT2D eigenvalue weighted by Gasteiger charge is -2.36. The smallest absolute Gasteiger partial charge is 0.308 e. The molecule has 1 aromatic rings. The Labute approximate surface area is 189 Å². The highest BCUT2D eigenvalue weighted by Gasteiger charge is 2.27. The zero-order chi connectivity index (χ0) is 22.2. The van der Waals surface area contributed by atoms with Crippen molar-refractivity contribution in [3.8, 4) is 0 Å². The maximum absolute atomic E-state index is 12.7. The molecule has 170 valence electrons. The van der Waals surface area contributed by atoms with E-state index in [0.29, 0.717) is 13.1 Å². The van der Waals surface area contributed by atoms with Crippen LogP contribution in [0.1, 0.15) is 19.8 Å². The van der Waals surface area contributed by atoms with E-state index in [9.17, 15) is 9.59 Å². The molecular formula is C22H32ClN5O3. The van der Waals surface area contributed by atoms with Crippen molar-refractivity contribution in [3.05, 3.63) is 29.3 Å². The summed E-state index contributed by atoms with van der Waals surface area (Å²) in [5, 5.41) is 4.00. The first-order valence-electron chi connectivity index (χ1n) is 10.9. The van der Waals surface area contributed by atoms with Gasteiger partial charge in [0.05, 0.1) is 13.0 Å². The summed E-state index contributed by atoms with van der Waals surface area (Å²) in [6, 6.07) is 7.80. The van der Waals surface area contributed by atoms with Crippen molar-refractivity contribution < 1.29 is 14.3 Å². The van der Waals surface area contributed by atoms with Gasteiger partial charge in [-0.25, -0.2) is 4.99 Å². The Morgan fingerprint density at radius 3 is 2.29 bits per heavy atom. The number of aliphatic imine (C=N–C) groups is 1. The molecule has 0 radical (unpaired) electrons. The molecule has 2 heterocycles. The Balaban J connectivity index is 1.50. The summed E-state index contributed by atoms with van der Waals surface area (Å²) in [4.78, 5) is 35.3. The number of carbonyl (C=O) groups is 2. The van der Waals surface area contributed by atoms with Gasteiger partial charge in [0.15, 0.2) is 5.96 Å². The number of methoxy groups -OCH3 is 1. The van der Waals surface area contributed by atoms with Crippen LogP contribution in [0, 0.1) is 5.92 Å². The monoisotopic (exact) mass is 449 g/mol. The molecule has 0 unspecified atom stereocenters. The van der Waals surface area contributed by atoms with Crippen LogP contribution in [0.2, 0.25) is 5.02 Å². The molecule has 2 fully saturated rings. The van der Waals surface area contributed by atoms with Crippen LogP contribution in [0.25, 0.3) is 0 Å². The van der Waals surface area contributed by atoms with Crippen molar-refractivity contribution in [1.29, 1.82) is 0 Å². The summed E-state index contributed by atoms with van der Waals surface area (Å²) >= 11 is 5.97. The van der Waals surface area contributed by atoms with Crippen LogP contribution in [-0.2, 0) is 14.3 Å². The minimum atomic E-state index is -0.144. The predicted molar refractivity (Wildman–Crippen MR) is 123 cm³/mol. The van der Waals surface area contributed by atoms with Crippen LogP contribution in [0.3, 0.4) is 0 Å². The van der Waals surface area contributed by atoms with Gasteiger partial charge in [-0.15, -0.1) is 0 Å². The first kappa shape index (κ1) is 23.2. The van der Waals surface area contributed by atoms with Gasteiger partial charge in [0, 0.05) is 56.5 Å². The highest BCUT2D eigenvalue weighted by atomic mass is 35.5. The molecule has 2 saturated heterocycles. The number of piperidine rings is 1. The second kappa shape index (κ2) is 11.2. The molecule has 0 bridgehead atoms. The van der Waals surface area contributed by atoms with E-state index >= 15 is 0 Å². The Morgan fingerprint density at radius 1 is 1.06 bits per heavy atom. The van der Waals surface area contributed by atoms with E-state index in [1.807, 2.05) is 36.1 Å². The van der Waals surface area contributed by atoms with E-state index < -0.39 is 0 Å². The molecule has 0 aliphatic carbocycles. The van der Waals surface area contributed by atoms with Crippen LogP contribution in [-0.4, -0.2) is 87.1 Å². The number of nitrogens with zero attached hydrogens (tertiary/aromatic N) is 4. The average molecular weight is 450 g/mol. The third-order valence-corrected chi connectivity index (χ3v) is 6.10. The van der Waals surface area contributed by atoms with Crippen molar-refractivity contribution in [1.82, 2.24) is 15.1 Å². The van der Waals surface area contributed by atoms with Gasteiger partial charge in [0.25, 0.3) is 0 Å². The number of ether oxygens (including phenoxy) is 1. The fourth-order valence-electron chi connectivity index (χ4n) is 4.03. The molecule has 3 rings (SSSR count). The fourth-order valence-corrected chi connectivity index (χ4v) is 4.15. The lowest BCUT2D eigenvalue weighted by atomic mass is 9.97. The molecule has 1 N–H and O–H groups in total. The number of anilines is 1. The number of hydrogen-bond acceptors (Lipinski definition) is 5. The van der Waals surface area contributed by atoms with Crippen LogP contribution >= 0.6 is 11.6 Å².